The number of hydrogen-bond donors (Lipinski definition) is 1. The molecule has 2 aromatic heterocycles. The molecule has 2 N–H and O–H groups in total. The summed E-state index contributed by atoms with van der Waals surface area (Å²) in [5.41, 5.74) is 10.6. The molecular weight excluding hydrogens is 417 g/mol. The van der Waals surface area contributed by atoms with Crippen molar-refractivity contribution in [2.45, 2.75) is 13.8 Å². The minimum atomic E-state index is -0.592. The summed E-state index contributed by atoms with van der Waals surface area (Å²) in [6, 6.07) is 17.4. The smallest absolute Gasteiger partial charge is 0.269 e. The number of carbonyl (C=O) groups is 1. The number of amides is 1. The molecule has 148 valence electrons. The molecule has 5 rings (SSSR count). The number of nitrogens with zero attached hydrogens (tertiary/aromatic N) is 2. The minimum absolute atomic E-state index is 0.206. The van der Waals surface area contributed by atoms with Crippen molar-refractivity contribution in [3.05, 3.63) is 81.5 Å². The summed E-state index contributed by atoms with van der Waals surface area (Å²) >= 11 is 12.7. The predicted molar refractivity (Wildman–Crippen MR) is 124 cm³/mol. The van der Waals surface area contributed by atoms with Crippen LogP contribution in [-0.2, 0) is 0 Å². The number of halogens is 2. The Hall–Kier alpha value is -3.08. The summed E-state index contributed by atoms with van der Waals surface area (Å²) in [5.74, 6) is 0.0429. The van der Waals surface area contributed by atoms with Crippen molar-refractivity contribution in [1.82, 2.24) is 9.38 Å². The molecule has 0 saturated carbocycles. The third-order valence-electron chi connectivity index (χ3n) is 5.60. The standard InChI is InChI=1S/C24H17Cl2N3O/c1-12-3-4-14(9-13(12)2)24-28-21(23(27)30)22-19-10-15(25)5-7-17(19)18-8-6-16(26)11-20(18)29(22)24/h3-11H,1-2H3,(H2,27,30). The van der Waals surface area contributed by atoms with E-state index in [1.54, 1.807) is 0 Å². The van der Waals surface area contributed by atoms with Gasteiger partial charge in [0.15, 0.2) is 5.69 Å². The highest BCUT2D eigenvalue weighted by molar-refractivity contribution is 6.33. The summed E-state index contributed by atoms with van der Waals surface area (Å²) < 4.78 is 1.96. The van der Waals surface area contributed by atoms with Gasteiger partial charge in [0.05, 0.1) is 11.0 Å². The second-order valence-corrected chi connectivity index (χ2v) is 8.36. The fourth-order valence-corrected chi connectivity index (χ4v) is 4.35. The van der Waals surface area contributed by atoms with Gasteiger partial charge in [-0.05, 0) is 60.7 Å². The average molecular weight is 434 g/mol. The zero-order valence-electron chi connectivity index (χ0n) is 16.3. The molecule has 6 heteroatoms. The quantitative estimate of drug-likeness (QED) is 0.330. The molecule has 1 amide bonds. The monoisotopic (exact) mass is 433 g/mol. The van der Waals surface area contributed by atoms with Crippen molar-refractivity contribution in [1.29, 1.82) is 0 Å². The first kappa shape index (κ1) is 18.9. The van der Waals surface area contributed by atoms with Gasteiger partial charge in [0.25, 0.3) is 5.91 Å². The normalized spacial score (nSPS) is 11.6. The highest BCUT2D eigenvalue weighted by Gasteiger charge is 2.22. The highest BCUT2D eigenvalue weighted by Crippen LogP contribution is 2.37. The van der Waals surface area contributed by atoms with Gasteiger partial charge in [-0.2, -0.15) is 0 Å². The maximum atomic E-state index is 12.4. The number of imidazole rings is 1. The van der Waals surface area contributed by atoms with E-state index in [1.165, 1.54) is 5.56 Å². The summed E-state index contributed by atoms with van der Waals surface area (Å²) in [6.45, 7) is 4.11. The van der Waals surface area contributed by atoms with E-state index in [4.69, 9.17) is 33.9 Å². The molecule has 0 spiro atoms. The van der Waals surface area contributed by atoms with E-state index < -0.39 is 5.91 Å². The maximum absolute atomic E-state index is 12.4. The van der Waals surface area contributed by atoms with E-state index >= 15 is 0 Å². The summed E-state index contributed by atoms with van der Waals surface area (Å²) in [6.07, 6.45) is 0. The van der Waals surface area contributed by atoms with Crippen LogP contribution in [0.1, 0.15) is 21.6 Å². The largest absolute Gasteiger partial charge is 0.364 e. The number of fused-ring (bicyclic) bond motifs is 6. The second-order valence-electron chi connectivity index (χ2n) is 7.48. The zero-order valence-corrected chi connectivity index (χ0v) is 17.8. The Labute approximate surface area is 182 Å². The molecule has 0 aliphatic heterocycles. The zero-order chi connectivity index (χ0) is 21.2. The van der Waals surface area contributed by atoms with E-state index in [0.717, 1.165) is 32.8 Å². The van der Waals surface area contributed by atoms with E-state index in [9.17, 15) is 4.79 Å². The fourth-order valence-electron chi connectivity index (χ4n) is 4.01. The van der Waals surface area contributed by atoms with Crippen molar-refractivity contribution in [3.8, 4) is 11.4 Å². The van der Waals surface area contributed by atoms with Crippen LogP contribution in [0.25, 0.3) is 38.6 Å². The third kappa shape index (κ3) is 2.76. The number of aryl methyl sites for hydroxylation is 2. The van der Waals surface area contributed by atoms with Crippen molar-refractivity contribution in [3.63, 3.8) is 0 Å². The lowest BCUT2D eigenvalue weighted by Gasteiger charge is -2.12. The summed E-state index contributed by atoms with van der Waals surface area (Å²) in [7, 11) is 0. The van der Waals surface area contributed by atoms with Gasteiger partial charge in [0.2, 0.25) is 0 Å². The van der Waals surface area contributed by atoms with Gasteiger partial charge < -0.3 is 5.73 Å². The highest BCUT2D eigenvalue weighted by atomic mass is 35.5. The third-order valence-corrected chi connectivity index (χ3v) is 6.07. The SMILES string of the molecule is Cc1ccc(-c2nc(C(N)=O)c3c4cc(Cl)ccc4c4ccc(Cl)cc4n23)cc1C. The molecule has 0 atom stereocenters. The van der Waals surface area contributed by atoms with Gasteiger partial charge in [-0.15, -0.1) is 0 Å². The molecule has 0 fully saturated rings. The Kier molecular flexibility index (Phi) is 4.24. The van der Waals surface area contributed by atoms with Crippen molar-refractivity contribution in [2.75, 3.05) is 0 Å². The molecule has 4 nitrogen and oxygen atoms in total. The number of primary amides is 1. The average Bonchev–Trinajstić information content (AvgIpc) is 3.11. The molecule has 0 aliphatic carbocycles. The van der Waals surface area contributed by atoms with Crippen molar-refractivity contribution >= 4 is 56.3 Å². The lowest BCUT2D eigenvalue weighted by molar-refractivity contribution is 0.0998. The fraction of sp³-hybridized carbons (Fsp3) is 0.0833. The van der Waals surface area contributed by atoms with Crippen LogP contribution in [0.4, 0.5) is 0 Å². The maximum Gasteiger partial charge on any atom is 0.269 e. The number of aromatic nitrogens is 2. The van der Waals surface area contributed by atoms with E-state index in [1.807, 2.05) is 59.9 Å². The molecule has 0 unspecified atom stereocenters. The molecular formula is C24H17Cl2N3O. The number of pyridine rings is 1. The Morgan fingerprint density at radius 2 is 1.57 bits per heavy atom. The first-order valence-electron chi connectivity index (χ1n) is 9.45. The number of nitrogens with two attached hydrogens (primary N) is 1. The second kappa shape index (κ2) is 6.73. The lowest BCUT2D eigenvalue weighted by Crippen LogP contribution is -2.12. The Morgan fingerprint density at radius 3 is 2.27 bits per heavy atom. The van der Waals surface area contributed by atoms with Crippen LogP contribution in [-0.4, -0.2) is 15.3 Å². The number of rotatable bonds is 2. The minimum Gasteiger partial charge on any atom is -0.364 e. The number of benzene rings is 3. The summed E-state index contributed by atoms with van der Waals surface area (Å²) in [5, 5.41) is 3.91. The van der Waals surface area contributed by atoms with Crippen molar-refractivity contribution in [2.24, 2.45) is 5.73 Å². The number of carbonyl (C=O) groups excluding carboxylic acids is 1. The number of hydrogen-bond acceptors (Lipinski definition) is 2. The van der Waals surface area contributed by atoms with Gasteiger partial charge in [0, 0.05) is 26.4 Å². The van der Waals surface area contributed by atoms with Gasteiger partial charge in [-0.25, -0.2) is 4.98 Å². The predicted octanol–water partition coefficient (Wildman–Crippen LogP) is 6.33. The van der Waals surface area contributed by atoms with Crippen LogP contribution < -0.4 is 5.73 Å². The molecule has 0 aliphatic rings. The molecule has 0 radical (unpaired) electrons. The molecule has 3 aromatic carbocycles. The lowest BCUT2D eigenvalue weighted by atomic mass is 10.0. The molecule has 5 aromatic rings. The Bertz CT molecular complexity index is 1520. The van der Waals surface area contributed by atoms with Crippen LogP contribution in [0.2, 0.25) is 10.0 Å². The van der Waals surface area contributed by atoms with Crippen LogP contribution >= 0.6 is 23.2 Å². The van der Waals surface area contributed by atoms with E-state index in [-0.39, 0.29) is 5.69 Å². The van der Waals surface area contributed by atoms with E-state index in [2.05, 4.69) is 13.0 Å². The van der Waals surface area contributed by atoms with Crippen LogP contribution in [0.5, 0.6) is 0 Å². The van der Waals surface area contributed by atoms with E-state index in [0.29, 0.717) is 21.4 Å². The van der Waals surface area contributed by atoms with Gasteiger partial charge in [0.1, 0.15) is 5.82 Å². The molecule has 0 bridgehead atoms. The first-order valence-corrected chi connectivity index (χ1v) is 10.2. The van der Waals surface area contributed by atoms with Gasteiger partial charge >= 0.3 is 0 Å². The Morgan fingerprint density at radius 1 is 0.867 bits per heavy atom. The van der Waals surface area contributed by atoms with Crippen LogP contribution in [0.3, 0.4) is 0 Å². The molecule has 30 heavy (non-hydrogen) atoms. The van der Waals surface area contributed by atoms with Crippen molar-refractivity contribution < 1.29 is 4.79 Å². The topological polar surface area (TPSA) is 60.4 Å². The van der Waals surface area contributed by atoms with Gasteiger partial charge in [-0.3, -0.25) is 9.20 Å². The van der Waals surface area contributed by atoms with Gasteiger partial charge in [-0.1, -0.05) is 47.5 Å². The molecule has 0 saturated heterocycles. The first-order chi connectivity index (χ1) is 14.3. The summed E-state index contributed by atoms with van der Waals surface area (Å²) in [4.78, 5) is 17.1. The van der Waals surface area contributed by atoms with Crippen LogP contribution in [0.15, 0.2) is 54.6 Å². The molecule has 2 heterocycles. The Balaban J connectivity index is 2.08. The van der Waals surface area contributed by atoms with Crippen LogP contribution in [0, 0.1) is 13.8 Å².